The number of nitrogens with zero attached hydrogens (tertiary/aromatic N) is 1. The van der Waals surface area contributed by atoms with E-state index in [1.807, 2.05) is 0 Å². The number of hydrogen-bond donors (Lipinski definition) is 0. The van der Waals surface area contributed by atoms with Crippen molar-refractivity contribution < 1.29 is 9.38 Å². The van der Waals surface area contributed by atoms with Crippen LogP contribution in [0.4, 0.5) is 0 Å². The first-order valence-corrected chi connectivity index (χ1v) is 14.9. The summed E-state index contributed by atoms with van der Waals surface area (Å²) >= 11 is 0. The van der Waals surface area contributed by atoms with E-state index in [1.54, 1.807) is 0 Å². The minimum atomic E-state index is -0.211. The van der Waals surface area contributed by atoms with Gasteiger partial charge in [0, 0.05) is 12.8 Å². The maximum Gasteiger partial charge on any atom is 0.0975 e. The number of hydrogen-bond acceptors (Lipinski definition) is 2. The Morgan fingerprint density at radius 1 is 1.05 bits per heavy atom. The van der Waals surface area contributed by atoms with Gasteiger partial charge in [-0.2, -0.15) is 0 Å². The number of ether oxygens (including phenoxy) is 1. The third kappa shape index (κ3) is 3.17. The van der Waals surface area contributed by atoms with E-state index in [9.17, 15) is 5.21 Å². The molecule has 2 aromatic carbocycles. The fraction of sp³-hybridized carbons (Fsp3) is 0.588. The molecule has 37 heavy (non-hydrogen) atoms. The largest absolute Gasteiger partial charge is 0.632 e. The zero-order valence-corrected chi connectivity index (χ0v) is 23.1. The molecule has 1 unspecified atom stereocenters. The highest BCUT2D eigenvalue weighted by atomic mass is 16.6. The van der Waals surface area contributed by atoms with Crippen molar-refractivity contribution in [3.8, 4) is 0 Å². The zero-order chi connectivity index (χ0) is 25.6. The molecule has 2 saturated carbocycles. The van der Waals surface area contributed by atoms with E-state index in [4.69, 9.17) is 4.74 Å². The first-order chi connectivity index (χ1) is 17.7. The first-order valence-electron chi connectivity index (χ1n) is 14.9. The number of fused-ring (bicyclic) bond motifs is 2. The number of benzene rings is 2. The Kier molecular flexibility index (Phi) is 5.24. The van der Waals surface area contributed by atoms with Crippen LogP contribution >= 0.6 is 0 Å². The Bertz CT molecular complexity index is 1310. The van der Waals surface area contributed by atoms with Crippen molar-refractivity contribution in [3.05, 3.63) is 76.5 Å². The summed E-state index contributed by atoms with van der Waals surface area (Å²) in [6.45, 7) is 9.50. The van der Waals surface area contributed by atoms with E-state index in [-0.39, 0.29) is 33.3 Å². The van der Waals surface area contributed by atoms with Gasteiger partial charge in [-0.15, -0.1) is 0 Å². The lowest BCUT2D eigenvalue weighted by Gasteiger charge is -2.58. The zero-order valence-electron chi connectivity index (χ0n) is 23.1. The fourth-order valence-corrected chi connectivity index (χ4v) is 9.77. The number of hydroxylamine groups is 3. The molecule has 2 heterocycles. The van der Waals surface area contributed by atoms with Gasteiger partial charge in [0.05, 0.1) is 29.8 Å². The molecule has 0 amide bonds. The molecule has 7 rings (SSSR count). The van der Waals surface area contributed by atoms with Gasteiger partial charge in [0.25, 0.3) is 0 Å². The highest BCUT2D eigenvalue weighted by Gasteiger charge is 2.67. The molecule has 2 bridgehead atoms. The van der Waals surface area contributed by atoms with Gasteiger partial charge < -0.3 is 14.6 Å². The summed E-state index contributed by atoms with van der Waals surface area (Å²) in [4.78, 5) is 0. The third-order valence-electron chi connectivity index (χ3n) is 11.8. The number of allylic oxidation sites excluding steroid dienone is 1. The van der Waals surface area contributed by atoms with Crippen LogP contribution in [0.5, 0.6) is 0 Å². The van der Waals surface area contributed by atoms with Crippen LogP contribution in [0.25, 0.3) is 10.8 Å². The summed E-state index contributed by atoms with van der Waals surface area (Å²) in [5, 5.41) is 16.6. The van der Waals surface area contributed by atoms with E-state index >= 15 is 0 Å². The van der Waals surface area contributed by atoms with Gasteiger partial charge in [-0.3, -0.25) is 0 Å². The fourth-order valence-electron chi connectivity index (χ4n) is 9.77. The van der Waals surface area contributed by atoms with Gasteiger partial charge in [0.2, 0.25) is 0 Å². The SMILES string of the molecule is CC[N+]([O-])(C(C)C)[C@@H]1CCC2=CC3=CC[C@]4(C)[C@@H](c5ccc6ccccc6c5)CC[C@H]4[C@@]34CC[C@]2(C1)O4. The van der Waals surface area contributed by atoms with E-state index < -0.39 is 0 Å². The van der Waals surface area contributed by atoms with Crippen LogP contribution in [0.15, 0.2) is 65.8 Å². The van der Waals surface area contributed by atoms with Gasteiger partial charge in [-0.1, -0.05) is 61.5 Å². The molecule has 196 valence electrons. The summed E-state index contributed by atoms with van der Waals surface area (Å²) in [5.41, 5.74) is 4.30. The van der Waals surface area contributed by atoms with Crippen LogP contribution in [0.2, 0.25) is 0 Å². The molecule has 0 N–H and O–H groups in total. The van der Waals surface area contributed by atoms with Crippen LogP contribution in [0, 0.1) is 16.5 Å². The lowest BCUT2D eigenvalue weighted by atomic mass is 9.58. The molecular weight excluding hydrogens is 454 g/mol. The predicted octanol–water partition coefficient (Wildman–Crippen LogP) is 8.19. The maximum absolute atomic E-state index is 13.9. The average Bonchev–Trinajstić information content (AvgIpc) is 3.42. The lowest BCUT2D eigenvalue weighted by Crippen LogP contribution is -2.61. The van der Waals surface area contributed by atoms with Crippen molar-refractivity contribution in [1.29, 1.82) is 0 Å². The Morgan fingerprint density at radius 3 is 2.65 bits per heavy atom. The normalized spacial score (nSPS) is 40.0. The monoisotopic (exact) mass is 497 g/mol. The molecule has 3 nitrogen and oxygen atoms in total. The van der Waals surface area contributed by atoms with Gasteiger partial charge in [0.15, 0.2) is 0 Å². The van der Waals surface area contributed by atoms with E-state index in [1.165, 1.54) is 40.3 Å². The third-order valence-corrected chi connectivity index (χ3v) is 11.8. The molecule has 2 spiro atoms. The Balaban J connectivity index is 1.24. The lowest BCUT2D eigenvalue weighted by molar-refractivity contribution is -0.925. The molecular formula is C34H43NO2. The summed E-state index contributed by atoms with van der Waals surface area (Å²) in [7, 11) is 0. The van der Waals surface area contributed by atoms with Crippen molar-refractivity contribution in [2.75, 3.05) is 6.54 Å². The van der Waals surface area contributed by atoms with Crippen LogP contribution in [-0.4, -0.2) is 34.5 Å². The summed E-state index contributed by atoms with van der Waals surface area (Å²) in [6, 6.07) is 16.2. The molecule has 3 aliphatic carbocycles. The van der Waals surface area contributed by atoms with Crippen molar-refractivity contribution >= 4 is 10.8 Å². The van der Waals surface area contributed by atoms with Gasteiger partial charge in [-0.25, -0.2) is 0 Å². The average molecular weight is 498 g/mol. The van der Waals surface area contributed by atoms with Crippen LogP contribution in [0.1, 0.15) is 90.5 Å². The van der Waals surface area contributed by atoms with E-state index in [2.05, 4.69) is 82.3 Å². The van der Waals surface area contributed by atoms with Gasteiger partial charge >= 0.3 is 0 Å². The maximum atomic E-state index is 13.9. The standard InChI is InChI=1S/C34H43NO2/c1-5-35(36,23(2)3)29-13-12-27-21-28-16-17-32(4)30(26-11-10-24-8-6-7-9-25(24)20-26)14-15-31(32)34(28)19-18-33(27,22-29)37-34/h6-11,16,20-21,23,29-31H,5,12-15,17-19,22H2,1-4H3/t29-,30-,31-,32-,33-,34-,35?/m1/s1. The van der Waals surface area contributed by atoms with Crippen molar-refractivity contribution in [2.45, 2.75) is 108 Å². The summed E-state index contributed by atoms with van der Waals surface area (Å²) in [6.07, 6.45) is 13.8. The molecule has 1 saturated heterocycles. The van der Waals surface area contributed by atoms with Crippen LogP contribution < -0.4 is 0 Å². The smallest absolute Gasteiger partial charge is 0.0975 e. The molecule has 7 atom stereocenters. The molecule has 0 radical (unpaired) electrons. The Morgan fingerprint density at radius 2 is 1.86 bits per heavy atom. The highest BCUT2D eigenvalue weighted by molar-refractivity contribution is 5.83. The molecule has 5 aliphatic rings. The molecule has 0 aromatic heterocycles. The number of quaternary nitrogens is 1. The molecule has 2 aromatic rings. The van der Waals surface area contributed by atoms with Gasteiger partial charge in [-0.05, 0) is 104 Å². The predicted molar refractivity (Wildman–Crippen MR) is 151 cm³/mol. The second kappa shape index (κ2) is 8.04. The minimum absolute atomic E-state index is 0.0702. The first kappa shape index (κ1) is 24.1. The quantitative estimate of drug-likeness (QED) is 0.315. The second-order valence-corrected chi connectivity index (χ2v) is 13.5. The van der Waals surface area contributed by atoms with Gasteiger partial charge in [0.1, 0.15) is 0 Å². The Labute approximate surface area is 222 Å². The second-order valence-electron chi connectivity index (χ2n) is 13.5. The van der Waals surface area contributed by atoms with E-state index in [0.29, 0.717) is 18.4 Å². The molecule has 2 aliphatic heterocycles. The van der Waals surface area contributed by atoms with Crippen molar-refractivity contribution in [3.63, 3.8) is 0 Å². The summed E-state index contributed by atoms with van der Waals surface area (Å²) < 4.78 is 7.41. The van der Waals surface area contributed by atoms with E-state index in [0.717, 1.165) is 38.5 Å². The summed E-state index contributed by atoms with van der Waals surface area (Å²) in [5.74, 6) is 1.10. The van der Waals surface area contributed by atoms with Crippen molar-refractivity contribution in [2.24, 2.45) is 11.3 Å². The molecule has 3 fully saturated rings. The van der Waals surface area contributed by atoms with Crippen molar-refractivity contribution in [1.82, 2.24) is 0 Å². The molecule has 3 heteroatoms. The highest BCUT2D eigenvalue weighted by Crippen LogP contribution is 2.69. The Hall–Kier alpha value is -1.94. The minimum Gasteiger partial charge on any atom is -0.632 e. The topological polar surface area (TPSA) is 32.3 Å². The van der Waals surface area contributed by atoms with Crippen LogP contribution in [0.3, 0.4) is 0 Å². The number of rotatable bonds is 4. The van der Waals surface area contributed by atoms with Crippen LogP contribution in [-0.2, 0) is 4.74 Å².